The van der Waals surface area contributed by atoms with Crippen LogP contribution in [0, 0.1) is 6.92 Å². The Hall–Kier alpha value is -1.50. The van der Waals surface area contributed by atoms with E-state index >= 15 is 0 Å². The van der Waals surface area contributed by atoms with Crippen molar-refractivity contribution in [2.75, 3.05) is 5.32 Å². The van der Waals surface area contributed by atoms with Gasteiger partial charge >= 0.3 is 0 Å². The fourth-order valence-electron chi connectivity index (χ4n) is 1.31. The number of hydrogen-bond acceptors (Lipinski definition) is 1. The van der Waals surface area contributed by atoms with Crippen LogP contribution in [0.4, 0.5) is 5.69 Å². The van der Waals surface area contributed by atoms with Crippen molar-refractivity contribution in [1.82, 2.24) is 0 Å². The van der Waals surface area contributed by atoms with Crippen LogP contribution < -0.4 is 5.32 Å². The first-order chi connectivity index (χ1) is 6.59. The van der Waals surface area contributed by atoms with E-state index in [0.717, 1.165) is 23.4 Å². The SMILES string of the molecule is C=C(C)CC(=C)Nc1ccccc1C. The average molecular weight is 187 g/mol. The van der Waals surface area contributed by atoms with E-state index < -0.39 is 0 Å². The molecule has 1 rings (SSSR count). The van der Waals surface area contributed by atoms with Crippen molar-refractivity contribution in [3.8, 4) is 0 Å². The highest BCUT2D eigenvalue weighted by molar-refractivity contribution is 5.54. The summed E-state index contributed by atoms with van der Waals surface area (Å²) in [4.78, 5) is 0. The molecule has 1 heteroatoms. The minimum atomic E-state index is 0.828. The number of nitrogens with one attached hydrogen (secondary N) is 1. The van der Waals surface area contributed by atoms with E-state index in [9.17, 15) is 0 Å². The molecule has 74 valence electrons. The number of aryl methyl sites for hydroxylation is 1. The first kappa shape index (κ1) is 10.6. The van der Waals surface area contributed by atoms with Crippen molar-refractivity contribution < 1.29 is 0 Å². The Morgan fingerprint density at radius 2 is 1.93 bits per heavy atom. The van der Waals surface area contributed by atoms with Gasteiger partial charge in [0.15, 0.2) is 0 Å². The standard InChI is InChI=1S/C13H17N/c1-10(2)9-12(4)14-13-8-6-5-7-11(13)3/h5-8,14H,1,4,9H2,2-3H3. The Morgan fingerprint density at radius 1 is 1.29 bits per heavy atom. The van der Waals surface area contributed by atoms with Gasteiger partial charge in [0.25, 0.3) is 0 Å². The zero-order valence-electron chi connectivity index (χ0n) is 8.93. The van der Waals surface area contributed by atoms with Gasteiger partial charge in [-0.15, -0.1) is 0 Å². The van der Waals surface area contributed by atoms with Crippen LogP contribution in [-0.4, -0.2) is 0 Å². The molecule has 0 aliphatic rings. The molecule has 0 unspecified atom stereocenters. The number of hydrogen-bond donors (Lipinski definition) is 1. The lowest BCUT2D eigenvalue weighted by Crippen LogP contribution is -1.99. The van der Waals surface area contributed by atoms with E-state index in [0.29, 0.717) is 0 Å². The molecule has 0 radical (unpaired) electrons. The normalized spacial score (nSPS) is 9.57. The van der Waals surface area contributed by atoms with E-state index in [-0.39, 0.29) is 0 Å². The van der Waals surface area contributed by atoms with E-state index in [2.05, 4.69) is 37.5 Å². The van der Waals surface area contributed by atoms with Crippen LogP contribution in [0.2, 0.25) is 0 Å². The number of rotatable bonds is 4. The van der Waals surface area contributed by atoms with Crippen LogP contribution in [0.3, 0.4) is 0 Å². The molecular weight excluding hydrogens is 170 g/mol. The van der Waals surface area contributed by atoms with Gasteiger partial charge in [0.2, 0.25) is 0 Å². The zero-order chi connectivity index (χ0) is 10.6. The number of para-hydroxylation sites is 1. The first-order valence-corrected chi connectivity index (χ1v) is 4.74. The Kier molecular flexibility index (Phi) is 3.52. The molecule has 1 nitrogen and oxygen atoms in total. The lowest BCUT2D eigenvalue weighted by Gasteiger charge is -2.11. The van der Waals surface area contributed by atoms with Crippen LogP contribution in [0.15, 0.2) is 48.7 Å². The van der Waals surface area contributed by atoms with Crippen LogP contribution in [0.25, 0.3) is 0 Å². The predicted octanol–water partition coefficient (Wildman–Crippen LogP) is 3.89. The molecule has 0 saturated heterocycles. The molecule has 0 saturated carbocycles. The summed E-state index contributed by atoms with van der Waals surface area (Å²) in [7, 11) is 0. The average Bonchev–Trinajstić information content (AvgIpc) is 2.07. The van der Waals surface area contributed by atoms with E-state index in [1.54, 1.807) is 0 Å². The van der Waals surface area contributed by atoms with Crippen LogP contribution in [0.1, 0.15) is 18.9 Å². The largest absolute Gasteiger partial charge is 0.359 e. The van der Waals surface area contributed by atoms with Crippen LogP contribution in [-0.2, 0) is 0 Å². The maximum atomic E-state index is 3.96. The van der Waals surface area contributed by atoms with Gasteiger partial charge in [-0.1, -0.05) is 36.9 Å². The highest BCUT2D eigenvalue weighted by Gasteiger charge is 1.98. The zero-order valence-corrected chi connectivity index (χ0v) is 8.93. The van der Waals surface area contributed by atoms with Crippen molar-refractivity contribution >= 4 is 5.69 Å². The molecule has 0 fully saturated rings. The molecule has 0 aliphatic heterocycles. The molecule has 1 N–H and O–H groups in total. The molecular formula is C13H17N. The molecule has 0 aliphatic carbocycles. The van der Waals surface area contributed by atoms with Crippen molar-refractivity contribution in [2.24, 2.45) is 0 Å². The van der Waals surface area contributed by atoms with Crippen molar-refractivity contribution in [3.05, 3.63) is 54.3 Å². The van der Waals surface area contributed by atoms with Gasteiger partial charge in [-0.25, -0.2) is 0 Å². The summed E-state index contributed by atoms with van der Waals surface area (Å²) in [6.45, 7) is 11.9. The minimum absolute atomic E-state index is 0.828. The third kappa shape index (κ3) is 3.09. The van der Waals surface area contributed by atoms with E-state index in [4.69, 9.17) is 0 Å². The Balaban J connectivity index is 2.65. The van der Waals surface area contributed by atoms with Crippen LogP contribution >= 0.6 is 0 Å². The van der Waals surface area contributed by atoms with Crippen molar-refractivity contribution in [1.29, 1.82) is 0 Å². The van der Waals surface area contributed by atoms with E-state index in [1.807, 2.05) is 19.1 Å². The van der Waals surface area contributed by atoms with Gasteiger partial charge in [-0.05, 0) is 25.5 Å². The molecule has 0 spiro atoms. The lowest BCUT2D eigenvalue weighted by atomic mass is 10.1. The third-order valence-corrected chi connectivity index (χ3v) is 1.97. The van der Waals surface area contributed by atoms with Gasteiger partial charge < -0.3 is 5.32 Å². The molecule has 0 bridgehead atoms. The maximum absolute atomic E-state index is 3.96. The molecule has 1 aromatic rings. The third-order valence-electron chi connectivity index (χ3n) is 1.97. The molecule has 0 atom stereocenters. The summed E-state index contributed by atoms with van der Waals surface area (Å²) < 4.78 is 0. The van der Waals surface area contributed by atoms with Gasteiger partial charge in [-0.2, -0.15) is 0 Å². The predicted molar refractivity (Wildman–Crippen MR) is 63.4 cm³/mol. The molecule has 0 heterocycles. The van der Waals surface area contributed by atoms with Crippen LogP contribution in [0.5, 0.6) is 0 Å². The topological polar surface area (TPSA) is 12.0 Å². The number of anilines is 1. The van der Waals surface area contributed by atoms with Crippen molar-refractivity contribution in [2.45, 2.75) is 20.3 Å². The van der Waals surface area contributed by atoms with Crippen molar-refractivity contribution in [3.63, 3.8) is 0 Å². The summed E-state index contributed by atoms with van der Waals surface area (Å²) in [6.07, 6.45) is 0.828. The summed E-state index contributed by atoms with van der Waals surface area (Å²) in [5, 5.41) is 3.29. The second-order valence-corrected chi connectivity index (χ2v) is 3.68. The van der Waals surface area contributed by atoms with Gasteiger partial charge in [0.1, 0.15) is 0 Å². The number of allylic oxidation sites excluding steroid dienone is 1. The fraction of sp³-hybridized carbons (Fsp3) is 0.231. The first-order valence-electron chi connectivity index (χ1n) is 4.74. The van der Waals surface area contributed by atoms with Gasteiger partial charge in [0, 0.05) is 17.8 Å². The summed E-state index contributed by atoms with van der Waals surface area (Å²) >= 11 is 0. The highest BCUT2D eigenvalue weighted by Crippen LogP contribution is 2.17. The molecule has 0 aromatic heterocycles. The highest BCUT2D eigenvalue weighted by atomic mass is 14.9. The van der Waals surface area contributed by atoms with Gasteiger partial charge in [0.05, 0.1) is 0 Å². The summed E-state index contributed by atoms with van der Waals surface area (Å²) in [5.74, 6) is 0. The maximum Gasteiger partial charge on any atom is 0.0411 e. The Bertz CT molecular complexity index is 350. The quantitative estimate of drug-likeness (QED) is 0.705. The Labute approximate surface area is 86.2 Å². The second kappa shape index (κ2) is 4.66. The number of benzene rings is 1. The fourth-order valence-corrected chi connectivity index (χ4v) is 1.31. The monoisotopic (exact) mass is 187 g/mol. The smallest absolute Gasteiger partial charge is 0.0411 e. The molecule has 0 amide bonds. The molecule has 1 aromatic carbocycles. The second-order valence-electron chi connectivity index (χ2n) is 3.68. The lowest BCUT2D eigenvalue weighted by molar-refractivity contribution is 1.13. The van der Waals surface area contributed by atoms with Gasteiger partial charge in [-0.3, -0.25) is 0 Å². The Morgan fingerprint density at radius 3 is 2.50 bits per heavy atom. The summed E-state index contributed by atoms with van der Waals surface area (Å²) in [5.41, 5.74) is 4.47. The van der Waals surface area contributed by atoms with E-state index in [1.165, 1.54) is 5.56 Å². The minimum Gasteiger partial charge on any atom is -0.359 e. The summed E-state index contributed by atoms with van der Waals surface area (Å²) in [6, 6.07) is 8.18. The molecule has 14 heavy (non-hydrogen) atoms.